The molecule has 1 aromatic heterocycles. The fraction of sp³-hybridized carbons (Fsp3) is 0.444. The lowest BCUT2D eigenvalue weighted by Gasteiger charge is -2.23. The third-order valence-corrected chi connectivity index (χ3v) is 3.71. The highest BCUT2D eigenvalue weighted by Crippen LogP contribution is 2.17. The molecule has 0 spiro atoms. The normalized spacial score (nSPS) is 12.3. The van der Waals surface area contributed by atoms with E-state index in [1.807, 2.05) is 6.08 Å². The molecule has 0 saturated heterocycles. The van der Waals surface area contributed by atoms with Gasteiger partial charge in [0.2, 0.25) is 0 Å². The first-order chi connectivity index (χ1) is 12.7. The van der Waals surface area contributed by atoms with Crippen molar-refractivity contribution < 1.29 is 23.9 Å². The van der Waals surface area contributed by atoms with Crippen LogP contribution in [0.25, 0.3) is 0 Å². The zero-order valence-electron chi connectivity index (χ0n) is 15.7. The summed E-state index contributed by atoms with van der Waals surface area (Å²) in [6, 6.07) is -0.673. The Hall–Kier alpha value is -2.68. The predicted octanol–water partition coefficient (Wildman–Crippen LogP) is 3.38. The van der Waals surface area contributed by atoms with E-state index in [1.165, 1.54) is 0 Å². The van der Waals surface area contributed by atoms with Crippen LogP contribution in [0.1, 0.15) is 48.7 Å². The molecule has 0 aliphatic heterocycles. The van der Waals surface area contributed by atoms with Crippen LogP contribution in [-0.2, 0) is 9.47 Å². The van der Waals surface area contributed by atoms with Gasteiger partial charge in [0.05, 0.1) is 11.7 Å². The number of carbonyl (C=O) groups is 3. The molecule has 0 bridgehead atoms. The van der Waals surface area contributed by atoms with E-state index in [0.717, 1.165) is 11.3 Å². The Morgan fingerprint density at radius 1 is 1.33 bits per heavy atom. The summed E-state index contributed by atoms with van der Waals surface area (Å²) in [6.07, 6.45) is 5.27. The van der Waals surface area contributed by atoms with Crippen LogP contribution in [0.4, 0.5) is 9.59 Å². The lowest BCUT2D eigenvalue weighted by atomic mass is 10.2. The van der Waals surface area contributed by atoms with Crippen molar-refractivity contribution in [3.63, 3.8) is 0 Å². The number of allylic oxidation sites excluding steroid dienone is 2. The molecule has 148 valence electrons. The molecule has 0 aliphatic rings. The van der Waals surface area contributed by atoms with Crippen molar-refractivity contribution in [2.45, 2.75) is 38.8 Å². The third kappa shape index (κ3) is 9.55. The van der Waals surface area contributed by atoms with Crippen molar-refractivity contribution >= 4 is 29.8 Å². The van der Waals surface area contributed by atoms with E-state index in [1.54, 1.807) is 38.3 Å². The molecule has 1 unspecified atom stereocenters. The molecule has 0 fully saturated rings. The molecule has 27 heavy (non-hydrogen) atoms. The SMILES string of the molecule is C=CCC=CCOC(=O)NCC(NC(=O)OC(C)(C)C)c1csc(C=O)n1. The van der Waals surface area contributed by atoms with Gasteiger partial charge in [-0.3, -0.25) is 4.79 Å². The summed E-state index contributed by atoms with van der Waals surface area (Å²) >= 11 is 1.14. The molecule has 0 radical (unpaired) electrons. The van der Waals surface area contributed by atoms with Gasteiger partial charge in [-0.05, 0) is 27.2 Å². The molecular weight excluding hydrogens is 370 g/mol. The highest BCUT2D eigenvalue weighted by Gasteiger charge is 2.23. The molecule has 9 heteroatoms. The molecule has 0 aromatic carbocycles. The fourth-order valence-electron chi connectivity index (χ4n) is 1.81. The Kier molecular flexibility index (Phi) is 9.21. The summed E-state index contributed by atoms with van der Waals surface area (Å²) < 4.78 is 10.2. The molecule has 1 aromatic rings. The fourth-order valence-corrected chi connectivity index (χ4v) is 2.49. The van der Waals surface area contributed by atoms with E-state index in [4.69, 9.17) is 9.47 Å². The Labute approximate surface area is 162 Å². The van der Waals surface area contributed by atoms with E-state index in [-0.39, 0.29) is 18.2 Å². The quantitative estimate of drug-likeness (QED) is 0.490. The number of rotatable bonds is 9. The molecule has 2 amide bonds. The van der Waals surface area contributed by atoms with E-state index in [0.29, 0.717) is 18.4 Å². The number of aromatic nitrogens is 1. The Balaban J connectivity index is 2.65. The minimum absolute atomic E-state index is 0.0243. The summed E-state index contributed by atoms with van der Waals surface area (Å²) in [5, 5.41) is 7.11. The van der Waals surface area contributed by atoms with Gasteiger partial charge in [-0.2, -0.15) is 0 Å². The van der Waals surface area contributed by atoms with Gasteiger partial charge in [0.15, 0.2) is 11.3 Å². The van der Waals surface area contributed by atoms with Gasteiger partial charge in [-0.1, -0.05) is 18.2 Å². The van der Waals surface area contributed by atoms with Crippen molar-refractivity contribution in [1.82, 2.24) is 15.6 Å². The summed E-state index contributed by atoms with van der Waals surface area (Å²) in [5.74, 6) is 0. The molecular formula is C18H25N3O5S. The van der Waals surface area contributed by atoms with Gasteiger partial charge < -0.3 is 20.1 Å². The first-order valence-electron chi connectivity index (χ1n) is 8.31. The highest BCUT2D eigenvalue weighted by molar-refractivity contribution is 7.11. The Morgan fingerprint density at radius 2 is 2.07 bits per heavy atom. The van der Waals surface area contributed by atoms with Crippen LogP contribution in [0, 0.1) is 0 Å². The van der Waals surface area contributed by atoms with Crippen LogP contribution in [0.15, 0.2) is 30.2 Å². The molecule has 2 N–H and O–H groups in total. The number of hydrogen-bond acceptors (Lipinski definition) is 7. The molecule has 8 nitrogen and oxygen atoms in total. The van der Waals surface area contributed by atoms with Gasteiger partial charge in [-0.15, -0.1) is 17.9 Å². The van der Waals surface area contributed by atoms with Crippen LogP contribution in [-0.4, -0.2) is 42.2 Å². The maximum atomic E-state index is 12.0. The second-order valence-corrected chi connectivity index (χ2v) is 7.29. The van der Waals surface area contributed by atoms with Crippen molar-refractivity contribution in [1.29, 1.82) is 0 Å². The van der Waals surface area contributed by atoms with E-state index < -0.39 is 23.8 Å². The number of ether oxygens (including phenoxy) is 2. The van der Waals surface area contributed by atoms with Crippen LogP contribution in [0.2, 0.25) is 0 Å². The average Bonchev–Trinajstić information content (AvgIpc) is 3.05. The minimum Gasteiger partial charge on any atom is -0.445 e. The van der Waals surface area contributed by atoms with E-state index >= 15 is 0 Å². The topological polar surface area (TPSA) is 107 Å². The number of nitrogens with one attached hydrogen (secondary N) is 2. The zero-order valence-corrected chi connectivity index (χ0v) is 16.5. The summed E-state index contributed by atoms with van der Waals surface area (Å²) in [6.45, 7) is 8.95. The lowest BCUT2D eigenvalue weighted by molar-refractivity contribution is 0.0500. The molecule has 0 aliphatic carbocycles. The van der Waals surface area contributed by atoms with Crippen molar-refractivity contribution in [2.24, 2.45) is 0 Å². The Morgan fingerprint density at radius 3 is 2.67 bits per heavy atom. The minimum atomic E-state index is -0.673. The number of carbonyl (C=O) groups excluding carboxylic acids is 3. The standard InChI is InChI=1S/C18H25N3O5S/c1-5-6-7-8-9-25-16(23)19-10-13(14-12-27-15(11-22)20-14)21-17(24)26-18(2,3)4/h5,7-8,11-13H,1,6,9-10H2,2-4H3,(H,19,23)(H,21,24). The average molecular weight is 395 g/mol. The molecule has 1 heterocycles. The lowest BCUT2D eigenvalue weighted by Crippen LogP contribution is -2.40. The largest absolute Gasteiger partial charge is 0.445 e. The number of amides is 2. The maximum absolute atomic E-state index is 12.0. The number of nitrogens with zero attached hydrogens (tertiary/aromatic N) is 1. The monoisotopic (exact) mass is 395 g/mol. The number of thiazole rings is 1. The molecule has 1 atom stereocenters. The maximum Gasteiger partial charge on any atom is 0.408 e. The van der Waals surface area contributed by atoms with Gasteiger partial charge in [0.25, 0.3) is 0 Å². The molecule has 0 saturated carbocycles. The summed E-state index contributed by atoms with van der Waals surface area (Å²) in [5.41, 5.74) is -0.228. The van der Waals surface area contributed by atoms with Crippen molar-refractivity contribution in [3.05, 3.63) is 40.9 Å². The van der Waals surface area contributed by atoms with Crippen molar-refractivity contribution in [2.75, 3.05) is 13.2 Å². The summed E-state index contributed by atoms with van der Waals surface area (Å²) in [7, 11) is 0. The van der Waals surface area contributed by atoms with Crippen LogP contribution in [0.3, 0.4) is 0 Å². The van der Waals surface area contributed by atoms with Crippen LogP contribution >= 0.6 is 11.3 Å². The van der Waals surface area contributed by atoms with Crippen LogP contribution < -0.4 is 10.6 Å². The van der Waals surface area contributed by atoms with Crippen LogP contribution in [0.5, 0.6) is 0 Å². The predicted molar refractivity (Wildman–Crippen MR) is 103 cm³/mol. The zero-order chi connectivity index (χ0) is 20.3. The van der Waals surface area contributed by atoms with Gasteiger partial charge in [-0.25, -0.2) is 14.6 Å². The van der Waals surface area contributed by atoms with Gasteiger partial charge in [0.1, 0.15) is 12.2 Å². The highest BCUT2D eigenvalue weighted by atomic mass is 32.1. The Bertz CT molecular complexity index is 679. The second kappa shape index (κ2) is 11.1. The first-order valence-corrected chi connectivity index (χ1v) is 9.19. The second-order valence-electron chi connectivity index (χ2n) is 6.40. The third-order valence-electron chi connectivity index (χ3n) is 2.92. The first kappa shape index (κ1) is 22.4. The molecule has 1 rings (SSSR count). The van der Waals surface area contributed by atoms with Gasteiger partial charge in [0, 0.05) is 11.9 Å². The van der Waals surface area contributed by atoms with E-state index in [9.17, 15) is 14.4 Å². The van der Waals surface area contributed by atoms with E-state index in [2.05, 4.69) is 22.2 Å². The van der Waals surface area contributed by atoms with Gasteiger partial charge >= 0.3 is 12.2 Å². The van der Waals surface area contributed by atoms with Crippen molar-refractivity contribution in [3.8, 4) is 0 Å². The number of aldehydes is 1. The number of hydrogen-bond donors (Lipinski definition) is 2. The smallest absolute Gasteiger partial charge is 0.408 e. The summed E-state index contributed by atoms with van der Waals surface area (Å²) in [4.78, 5) is 38.8. The number of alkyl carbamates (subject to hydrolysis) is 2.